The van der Waals surface area contributed by atoms with Crippen LogP contribution in [0.15, 0.2) is 0 Å². The smallest absolute Gasteiger partial charge is 0.0619 e. The van der Waals surface area contributed by atoms with E-state index >= 15 is 0 Å². The van der Waals surface area contributed by atoms with Crippen LogP contribution < -0.4 is 0 Å². The lowest BCUT2D eigenvalue weighted by Gasteiger charge is -2.25. The van der Waals surface area contributed by atoms with E-state index in [0.717, 1.165) is 5.92 Å². The topological polar surface area (TPSA) is 20.2 Å². The van der Waals surface area contributed by atoms with Crippen molar-refractivity contribution in [3.63, 3.8) is 0 Å². The molecule has 1 saturated carbocycles. The first-order valence-corrected chi connectivity index (χ1v) is 5.22. The summed E-state index contributed by atoms with van der Waals surface area (Å²) in [7, 11) is 0. The summed E-state index contributed by atoms with van der Waals surface area (Å²) in [4.78, 5) is 0. The van der Waals surface area contributed by atoms with E-state index in [1.807, 2.05) is 27.7 Å². The Labute approximate surface area is 77.2 Å². The van der Waals surface area contributed by atoms with Crippen LogP contribution in [-0.2, 0) is 0 Å². The summed E-state index contributed by atoms with van der Waals surface area (Å²) in [6.07, 6.45) is 3.73. The zero-order chi connectivity index (χ0) is 9.78. The minimum atomic E-state index is -0.440. The number of aliphatic hydroxyl groups is 1. The molecule has 1 aliphatic rings. The third-order valence-corrected chi connectivity index (χ3v) is 2.69. The zero-order valence-corrected chi connectivity index (χ0v) is 9.22. The molecular weight excluding hydrogens is 148 g/mol. The van der Waals surface area contributed by atoms with Gasteiger partial charge in [-0.2, -0.15) is 0 Å². The van der Waals surface area contributed by atoms with E-state index in [2.05, 4.69) is 6.92 Å². The lowest BCUT2D eigenvalue weighted by Crippen LogP contribution is -2.28. The summed E-state index contributed by atoms with van der Waals surface area (Å²) in [6, 6.07) is 0. The molecule has 2 atom stereocenters. The molecule has 1 aliphatic carbocycles. The molecule has 1 fully saturated rings. The standard InChI is InChI=1S/C9H18O.C2H6/c1-7-4-5-8(6-7)9(2,3)10;1-2/h7-8,10H,4-6H2,1-3H3;1-2H3/t7-,8+;/m0./s1. The molecule has 0 amide bonds. The molecule has 0 aromatic heterocycles. The average molecular weight is 172 g/mol. The number of hydrogen-bond acceptors (Lipinski definition) is 1. The Kier molecular flexibility index (Phi) is 4.84. The van der Waals surface area contributed by atoms with Gasteiger partial charge >= 0.3 is 0 Å². The monoisotopic (exact) mass is 172 g/mol. The van der Waals surface area contributed by atoms with Crippen molar-refractivity contribution in [3.05, 3.63) is 0 Å². The van der Waals surface area contributed by atoms with Gasteiger partial charge in [0.05, 0.1) is 5.60 Å². The van der Waals surface area contributed by atoms with Crippen LogP contribution in [0.5, 0.6) is 0 Å². The second-order valence-corrected chi connectivity index (χ2v) is 4.27. The van der Waals surface area contributed by atoms with Gasteiger partial charge in [-0.3, -0.25) is 0 Å². The maximum Gasteiger partial charge on any atom is 0.0619 e. The highest BCUT2D eigenvalue weighted by Gasteiger charge is 2.32. The molecule has 0 saturated heterocycles. The third kappa shape index (κ3) is 3.57. The van der Waals surface area contributed by atoms with Crippen molar-refractivity contribution >= 4 is 0 Å². The second-order valence-electron chi connectivity index (χ2n) is 4.27. The largest absolute Gasteiger partial charge is 0.390 e. The zero-order valence-electron chi connectivity index (χ0n) is 9.22. The normalized spacial score (nSPS) is 29.5. The third-order valence-electron chi connectivity index (χ3n) is 2.69. The van der Waals surface area contributed by atoms with Gasteiger partial charge in [-0.05, 0) is 38.5 Å². The van der Waals surface area contributed by atoms with Crippen molar-refractivity contribution < 1.29 is 5.11 Å². The van der Waals surface area contributed by atoms with Gasteiger partial charge in [0.2, 0.25) is 0 Å². The molecular formula is C11H24O. The Bertz CT molecular complexity index is 113. The molecule has 0 aromatic rings. The summed E-state index contributed by atoms with van der Waals surface area (Å²) in [5, 5.41) is 9.64. The lowest BCUT2D eigenvalue weighted by atomic mass is 9.89. The maximum atomic E-state index is 9.64. The minimum absolute atomic E-state index is 0.440. The lowest BCUT2D eigenvalue weighted by molar-refractivity contribution is 0.0186. The van der Waals surface area contributed by atoms with Gasteiger partial charge in [-0.15, -0.1) is 0 Å². The molecule has 12 heavy (non-hydrogen) atoms. The van der Waals surface area contributed by atoms with Crippen molar-refractivity contribution in [3.8, 4) is 0 Å². The van der Waals surface area contributed by atoms with E-state index in [1.54, 1.807) is 0 Å². The van der Waals surface area contributed by atoms with Crippen molar-refractivity contribution in [2.45, 2.75) is 59.5 Å². The summed E-state index contributed by atoms with van der Waals surface area (Å²) in [5.41, 5.74) is -0.440. The fraction of sp³-hybridized carbons (Fsp3) is 1.00. The average Bonchev–Trinajstić information content (AvgIpc) is 2.39. The van der Waals surface area contributed by atoms with Gasteiger partial charge < -0.3 is 5.11 Å². The van der Waals surface area contributed by atoms with Gasteiger partial charge in [0.25, 0.3) is 0 Å². The Hall–Kier alpha value is -0.0400. The van der Waals surface area contributed by atoms with Gasteiger partial charge in [0, 0.05) is 0 Å². The molecule has 1 rings (SSSR count). The number of rotatable bonds is 1. The van der Waals surface area contributed by atoms with Crippen molar-refractivity contribution in [2.75, 3.05) is 0 Å². The van der Waals surface area contributed by atoms with E-state index in [1.165, 1.54) is 19.3 Å². The highest BCUT2D eigenvalue weighted by Crippen LogP contribution is 2.36. The molecule has 1 heteroatoms. The van der Waals surface area contributed by atoms with E-state index < -0.39 is 5.60 Å². The Morgan fingerprint density at radius 1 is 1.17 bits per heavy atom. The van der Waals surface area contributed by atoms with Gasteiger partial charge in [-0.25, -0.2) is 0 Å². The van der Waals surface area contributed by atoms with Crippen LogP contribution in [0.1, 0.15) is 53.9 Å². The van der Waals surface area contributed by atoms with Crippen LogP contribution in [0.3, 0.4) is 0 Å². The fourth-order valence-corrected chi connectivity index (χ4v) is 1.85. The fourth-order valence-electron chi connectivity index (χ4n) is 1.85. The molecule has 74 valence electrons. The molecule has 0 spiro atoms. The van der Waals surface area contributed by atoms with Gasteiger partial charge in [-0.1, -0.05) is 27.2 Å². The highest BCUT2D eigenvalue weighted by molar-refractivity contribution is 4.83. The van der Waals surface area contributed by atoms with Crippen LogP contribution in [0.4, 0.5) is 0 Å². The van der Waals surface area contributed by atoms with Crippen molar-refractivity contribution in [1.82, 2.24) is 0 Å². The molecule has 0 unspecified atom stereocenters. The first kappa shape index (κ1) is 12.0. The van der Waals surface area contributed by atoms with E-state index in [-0.39, 0.29) is 0 Å². The second kappa shape index (κ2) is 4.86. The number of hydrogen-bond donors (Lipinski definition) is 1. The van der Waals surface area contributed by atoms with E-state index in [0.29, 0.717) is 5.92 Å². The quantitative estimate of drug-likeness (QED) is 0.644. The highest BCUT2D eigenvalue weighted by atomic mass is 16.3. The summed E-state index contributed by atoms with van der Waals surface area (Å²) in [5.74, 6) is 1.37. The Balaban J connectivity index is 0.000000561. The molecule has 1 nitrogen and oxygen atoms in total. The summed E-state index contributed by atoms with van der Waals surface area (Å²) in [6.45, 7) is 10.1. The van der Waals surface area contributed by atoms with Crippen molar-refractivity contribution in [1.29, 1.82) is 0 Å². The molecule has 0 aromatic carbocycles. The summed E-state index contributed by atoms with van der Waals surface area (Å²) >= 11 is 0. The van der Waals surface area contributed by atoms with Crippen LogP contribution in [0.2, 0.25) is 0 Å². The maximum absolute atomic E-state index is 9.64. The van der Waals surface area contributed by atoms with Crippen LogP contribution >= 0.6 is 0 Å². The van der Waals surface area contributed by atoms with Crippen LogP contribution in [0.25, 0.3) is 0 Å². The van der Waals surface area contributed by atoms with E-state index in [9.17, 15) is 5.11 Å². The first-order valence-electron chi connectivity index (χ1n) is 5.22. The molecule has 0 radical (unpaired) electrons. The summed E-state index contributed by atoms with van der Waals surface area (Å²) < 4.78 is 0. The van der Waals surface area contributed by atoms with Gasteiger partial charge in [0.1, 0.15) is 0 Å². The van der Waals surface area contributed by atoms with Crippen molar-refractivity contribution in [2.24, 2.45) is 11.8 Å². The Morgan fingerprint density at radius 2 is 1.67 bits per heavy atom. The first-order chi connectivity index (χ1) is 5.50. The molecule has 0 bridgehead atoms. The predicted octanol–water partition coefficient (Wildman–Crippen LogP) is 3.22. The van der Waals surface area contributed by atoms with Crippen LogP contribution in [0, 0.1) is 11.8 Å². The Morgan fingerprint density at radius 3 is 1.83 bits per heavy atom. The minimum Gasteiger partial charge on any atom is -0.390 e. The van der Waals surface area contributed by atoms with Crippen LogP contribution in [-0.4, -0.2) is 10.7 Å². The molecule has 0 heterocycles. The molecule has 1 N–H and O–H groups in total. The SMILES string of the molecule is CC.C[C@H]1CC[C@@H](C(C)(C)O)C1. The predicted molar refractivity (Wildman–Crippen MR) is 54.2 cm³/mol. The molecule has 0 aliphatic heterocycles. The van der Waals surface area contributed by atoms with Gasteiger partial charge in [0.15, 0.2) is 0 Å². The van der Waals surface area contributed by atoms with E-state index in [4.69, 9.17) is 0 Å².